The molecule has 1 aliphatic rings. The van der Waals surface area contributed by atoms with Crippen LogP contribution in [0.15, 0.2) is 42.5 Å². The highest BCUT2D eigenvalue weighted by Crippen LogP contribution is 2.32. The number of halogens is 1. The summed E-state index contributed by atoms with van der Waals surface area (Å²) < 4.78 is 17.2. The summed E-state index contributed by atoms with van der Waals surface area (Å²) in [5, 5.41) is 4.17. The highest BCUT2D eigenvalue weighted by molar-refractivity contribution is 6.30. The highest BCUT2D eigenvalue weighted by atomic mass is 35.5. The summed E-state index contributed by atoms with van der Waals surface area (Å²) in [6.07, 6.45) is 2.60. The molecule has 1 saturated heterocycles. The molecule has 5 heteroatoms. The molecule has 4 nitrogen and oxygen atoms in total. The summed E-state index contributed by atoms with van der Waals surface area (Å²) in [4.78, 5) is 0. The molecule has 0 amide bonds. The van der Waals surface area contributed by atoms with Crippen LogP contribution in [0, 0.1) is 0 Å². The van der Waals surface area contributed by atoms with E-state index < -0.39 is 0 Å². The first-order chi connectivity index (χ1) is 12.3. The van der Waals surface area contributed by atoms with Crippen molar-refractivity contribution in [3.8, 4) is 11.5 Å². The van der Waals surface area contributed by atoms with Crippen molar-refractivity contribution in [2.75, 3.05) is 20.3 Å². The van der Waals surface area contributed by atoms with Crippen molar-refractivity contribution >= 4 is 11.6 Å². The summed E-state index contributed by atoms with van der Waals surface area (Å²) >= 11 is 6.05. The van der Waals surface area contributed by atoms with E-state index in [4.69, 9.17) is 25.8 Å². The molecule has 1 N–H and O–H groups in total. The van der Waals surface area contributed by atoms with Crippen molar-refractivity contribution in [1.82, 2.24) is 5.32 Å². The molecule has 1 fully saturated rings. The van der Waals surface area contributed by atoms with Gasteiger partial charge in [-0.2, -0.15) is 0 Å². The Balaban J connectivity index is 1.65. The molecule has 3 rings (SSSR count). The SMILES string of the molecule is COc1cccc(CNC[C@@H]2CCCO2)c1OCc1cccc(Cl)c1. The number of methoxy groups -OCH3 is 1. The molecule has 0 aromatic heterocycles. The number of ether oxygens (including phenoxy) is 3. The van der Waals surface area contributed by atoms with Gasteiger partial charge < -0.3 is 19.5 Å². The Bertz CT molecular complexity index is 686. The summed E-state index contributed by atoms with van der Waals surface area (Å²) in [7, 11) is 1.66. The quantitative estimate of drug-likeness (QED) is 0.765. The zero-order valence-corrected chi connectivity index (χ0v) is 15.2. The Morgan fingerprint density at radius 1 is 1.24 bits per heavy atom. The molecular weight excluding hydrogens is 338 g/mol. The van der Waals surface area contributed by atoms with E-state index in [2.05, 4.69) is 11.4 Å². The number of rotatable bonds is 8. The first-order valence-corrected chi connectivity index (χ1v) is 8.99. The molecule has 0 aliphatic carbocycles. The van der Waals surface area contributed by atoms with Gasteiger partial charge in [0.25, 0.3) is 0 Å². The second-order valence-corrected chi connectivity index (χ2v) is 6.57. The second-order valence-electron chi connectivity index (χ2n) is 6.13. The normalized spacial score (nSPS) is 16.8. The lowest BCUT2D eigenvalue weighted by Gasteiger charge is -2.17. The lowest BCUT2D eigenvalue weighted by Crippen LogP contribution is -2.26. The van der Waals surface area contributed by atoms with Crippen LogP contribution in [0.2, 0.25) is 5.02 Å². The van der Waals surface area contributed by atoms with Crippen LogP contribution in [0.25, 0.3) is 0 Å². The molecule has 2 aromatic rings. The molecule has 1 heterocycles. The van der Waals surface area contributed by atoms with E-state index in [0.29, 0.717) is 24.3 Å². The Labute approximate surface area is 154 Å². The Morgan fingerprint density at radius 2 is 2.12 bits per heavy atom. The summed E-state index contributed by atoms with van der Waals surface area (Å²) in [6, 6.07) is 13.6. The average molecular weight is 362 g/mol. The molecule has 134 valence electrons. The number of nitrogens with one attached hydrogen (secondary N) is 1. The van der Waals surface area contributed by atoms with Crippen LogP contribution in [0.1, 0.15) is 24.0 Å². The van der Waals surface area contributed by atoms with E-state index in [1.807, 2.05) is 36.4 Å². The molecule has 0 saturated carbocycles. The minimum atomic E-state index is 0.321. The van der Waals surface area contributed by atoms with Gasteiger partial charge >= 0.3 is 0 Å². The topological polar surface area (TPSA) is 39.7 Å². The van der Waals surface area contributed by atoms with Crippen LogP contribution in [-0.4, -0.2) is 26.4 Å². The van der Waals surface area contributed by atoms with E-state index in [1.54, 1.807) is 7.11 Å². The van der Waals surface area contributed by atoms with Gasteiger partial charge in [0.2, 0.25) is 0 Å². The molecule has 25 heavy (non-hydrogen) atoms. The minimum absolute atomic E-state index is 0.321. The first kappa shape index (κ1) is 18.1. The standard InChI is InChI=1S/C20H24ClNO3/c1-23-19-9-3-6-16(12-22-13-18-8-4-10-24-18)20(19)25-14-15-5-2-7-17(21)11-15/h2-3,5-7,9,11,18,22H,4,8,10,12-14H2,1H3/t18-/m0/s1. The van der Waals surface area contributed by atoms with Crippen LogP contribution in [0.3, 0.4) is 0 Å². The second kappa shape index (κ2) is 9.09. The zero-order valence-electron chi connectivity index (χ0n) is 14.5. The summed E-state index contributed by atoms with van der Waals surface area (Å²) in [5.74, 6) is 1.50. The fourth-order valence-corrected chi connectivity index (χ4v) is 3.19. The van der Waals surface area contributed by atoms with Gasteiger partial charge in [0.15, 0.2) is 11.5 Å². The third kappa shape index (κ3) is 5.11. The number of para-hydroxylation sites is 1. The number of benzene rings is 2. The first-order valence-electron chi connectivity index (χ1n) is 8.61. The molecule has 0 unspecified atom stereocenters. The van der Waals surface area contributed by atoms with Gasteiger partial charge in [-0.3, -0.25) is 0 Å². The van der Waals surface area contributed by atoms with Gasteiger partial charge in [0, 0.05) is 30.3 Å². The van der Waals surface area contributed by atoms with Crippen LogP contribution >= 0.6 is 11.6 Å². The molecule has 0 bridgehead atoms. The summed E-state index contributed by atoms with van der Waals surface area (Å²) in [6.45, 7) is 2.88. The van der Waals surface area contributed by atoms with Crippen molar-refractivity contribution in [3.63, 3.8) is 0 Å². The Morgan fingerprint density at radius 3 is 2.88 bits per heavy atom. The van der Waals surface area contributed by atoms with Gasteiger partial charge in [-0.15, -0.1) is 0 Å². The van der Waals surface area contributed by atoms with Crippen LogP contribution in [0.4, 0.5) is 0 Å². The Hall–Kier alpha value is -1.75. The molecule has 2 aromatic carbocycles. The van der Waals surface area contributed by atoms with E-state index in [-0.39, 0.29) is 0 Å². The third-order valence-corrected chi connectivity index (χ3v) is 4.50. The summed E-state index contributed by atoms with van der Waals surface area (Å²) in [5.41, 5.74) is 2.09. The average Bonchev–Trinajstić information content (AvgIpc) is 3.14. The van der Waals surface area contributed by atoms with Crippen LogP contribution in [-0.2, 0) is 17.9 Å². The van der Waals surface area contributed by atoms with E-state index in [1.165, 1.54) is 0 Å². The van der Waals surface area contributed by atoms with Gasteiger partial charge in [-0.05, 0) is 36.6 Å². The van der Waals surface area contributed by atoms with Gasteiger partial charge in [0.1, 0.15) is 6.61 Å². The number of hydrogen-bond donors (Lipinski definition) is 1. The van der Waals surface area contributed by atoms with Crippen molar-refractivity contribution in [1.29, 1.82) is 0 Å². The predicted molar refractivity (Wildman–Crippen MR) is 99.5 cm³/mol. The maximum Gasteiger partial charge on any atom is 0.166 e. The van der Waals surface area contributed by atoms with E-state index in [9.17, 15) is 0 Å². The number of hydrogen-bond acceptors (Lipinski definition) is 4. The smallest absolute Gasteiger partial charge is 0.166 e. The molecule has 0 spiro atoms. The monoisotopic (exact) mass is 361 g/mol. The predicted octanol–water partition coefficient (Wildman–Crippen LogP) is 4.20. The van der Waals surface area contributed by atoms with Crippen molar-refractivity contribution in [3.05, 3.63) is 58.6 Å². The van der Waals surface area contributed by atoms with Gasteiger partial charge in [-0.25, -0.2) is 0 Å². The molecular formula is C20H24ClNO3. The highest BCUT2D eigenvalue weighted by Gasteiger charge is 2.16. The zero-order chi connectivity index (χ0) is 17.5. The van der Waals surface area contributed by atoms with E-state index >= 15 is 0 Å². The molecule has 1 atom stereocenters. The lowest BCUT2D eigenvalue weighted by molar-refractivity contribution is 0.110. The van der Waals surface area contributed by atoms with Crippen molar-refractivity contribution < 1.29 is 14.2 Å². The Kier molecular flexibility index (Phi) is 6.56. The molecule has 0 radical (unpaired) electrons. The maximum atomic E-state index is 6.07. The minimum Gasteiger partial charge on any atom is -0.493 e. The third-order valence-electron chi connectivity index (χ3n) is 4.26. The van der Waals surface area contributed by atoms with Crippen LogP contribution < -0.4 is 14.8 Å². The lowest BCUT2D eigenvalue weighted by atomic mass is 10.1. The fourth-order valence-electron chi connectivity index (χ4n) is 2.98. The molecule has 1 aliphatic heterocycles. The van der Waals surface area contributed by atoms with Crippen molar-refractivity contribution in [2.45, 2.75) is 32.1 Å². The largest absolute Gasteiger partial charge is 0.493 e. The fraction of sp³-hybridized carbons (Fsp3) is 0.400. The van der Waals surface area contributed by atoms with Crippen LogP contribution in [0.5, 0.6) is 11.5 Å². The van der Waals surface area contributed by atoms with Gasteiger partial charge in [0.05, 0.1) is 13.2 Å². The van der Waals surface area contributed by atoms with E-state index in [0.717, 1.165) is 48.6 Å². The van der Waals surface area contributed by atoms with Gasteiger partial charge in [-0.1, -0.05) is 35.9 Å². The maximum absolute atomic E-state index is 6.07. The van der Waals surface area contributed by atoms with Crippen molar-refractivity contribution in [2.24, 2.45) is 0 Å².